The van der Waals surface area contributed by atoms with Gasteiger partial charge in [0.05, 0.1) is 16.2 Å². The molecule has 0 fully saturated rings. The zero-order valence-corrected chi connectivity index (χ0v) is 13.0. The molecule has 9 heteroatoms. The van der Waals surface area contributed by atoms with Crippen molar-refractivity contribution in [2.75, 3.05) is 5.75 Å². The Balaban J connectivity index is 2.07. The number of quaternary nitrogens is 1. The van der Waals surface area contributed by atoms with Crippen LogP contribution < -0.4 is 5.23 Å². The van der Waals surface area contributed by atoms with E-state index in [9.17, 15) is 32.0 Å². The van der Waals surface area contributed by atoms with Crippen LogP contribution in [-0.4, -0.2) is 14.2 Å². The van der Waals surface area contributed by atoms with Crippen LogP contribution in [0.15, 0.2) is 53.4 Å². The van der Waals surface area contributed by atoms with Crippen molar-refractivity contribution in [2.45, 2.75) is 17.5 Å². The third kappa shape index (κ3) is 4.54. The Morgan fingerprint density at radius 2 is 1.46 bits per heavy atom. The van der Waals surface area contributed by atoms with Crippen molar-refractivity contribution in [1.29, 1.82) is 0 Å². The predicted octanol–water partition coefficient (Wildman–Crippen LogP) is 2.23. The summed E-state index contributed by atoms with van der Waals surface area (Å²) in [6.45, 7) is 0. The van der Waals surface area contributed by atoms with Crippen LogP contribution in [0.3, 0.4) is 0 Å². The van der Waals surface area contributed by atoms with Crippen LogP contribution in [0.4, 0.5) is 18.9 Å². The molecule has 130 valence electrons. The molecule has 0 spiro atoms. The first-order chi connectivity index (χ1) is 11.1. The molecule has 5 nitrogen and oxygen atoms in total. The van der Waals surface area contributed by atoms with Crippen molar-refractivity contribution in [3.05, 3.63) is 70.1 Å². The van der Waals surface area contributed by atoms with E-state index in [4.69, 9.17) is 0 Å². The van der Waals surface area contributed by atoms with Gasteiger partial charge in [-0.2, -0.15) is 13.2 Å². The lowest BCUT2D eigenvalue weighted by atomic mass is 10.1. The zero-order chi connectivity index (χ0) is 18.0. The molecule has 0 aliphatic rings. The van der Waals surface area contributed by atoms with Crippen LogP contribution in [0.1, 0.15) is 11.1 Å². The van der Waals surface area contributed by atoms with E-state index >= 15 is 0 Å². The zero-order valence-electron chi connectivity index (χ0n) is 12.2. The summed E-state index contributed by atoms with van der Waals surface area (Å²) in [5.74, 6) is -0.303. The third-order valence-electron chi connectivity index (χ3n) is 3.39. The molecule has 0 aliphatic heterocycles. The number of sulfone groups is 1. The standard InChI is InChI=1S/C15H13F3NO4S/c16-15(17,18)12-3-1-11(2-4-12)9-10-24(22,23)14-7-5-13(6-8-14)19(20)21/h1-8,19H,9-10H2/q-1. The van der Waals surface area contributed by atoms with Gasteiger partial charge < -0.3 is 15.6 Å². The Morgan fingerprint density at radius 1 is 0.917 bits per heavy atom. The van der Waals surface area contributed by atoms with E-state index in [-0.39, 0.29) is 22.8 Å². The molecule has 0 radical (unpaired) electrons. The molecule has 0 saturated carbocycles. The van der Waals surface area contributed by atoms with Crippen LogP contribution in [0, 0.1) is 10.4 Å². The molecule has 0 amide bonds. The molecule has 24 heavy (non-hydrogen) atoms. The minimum atomic E-state index is -4.44. The lowest BCUT2D eigenvalue weighted by Crippen LogP contribution is -2.96. The highest BCUT2D eigenvalue weighted by Crippen LogP contribution is 2.29. The average molecular weight is 360 g/mol. The highest BCUT2D eigenvalue weighted by Gasteiger charge is 2.29. The number of alkyl halides is 3. The first kappa shape index (κ1) is 18.4. The van der Waals surface area contributed by atoms with Gasteiger partial charge in [-0.15, -0.1) is 0 Å². The smallest absolute Gasteiger partial charge is 0.416 e. The third-order valence-corrected chi connectivity index (χ3v) is 5.12. The van der Waals surface area contributed by atoms with Crippen molar-refractivity contribution in [1.82, 2.24) is 0 Å². The van der Waals surface area contributed by atoms with Crippen molar-refractivity contribution in [3.63, 3.8) is 0 Å². The quantitative estimate of drug-likeness (QED) is 0.829. The second-order valence-electron chi connectivity index (χ2n) is 5.08. The maximum absolute atomic E-state index is 12.5. The molecule has 1 N–H and O–H groups in total. The van der Waals surface area contributed by atoms with Crippen LogP contribution in [0.5, 0.6) is 0 Å². The second kappa shape index (κ2) is 6.89. The monoisotopic (exact) mass is 360 g/mol. The Bertz CT molecular complexity index is 785. The summed E-state index contributed by atoms with van der Waals surface area (Å²) in [6, 6.07) is 8.84. The Labute approximate surface area is 136 Å². The second-order valence-corrected chi connectivity index (χ2v) is 7.18. The largest absolute Gasteiger partial charge is 0.628 e. The Morgan fingerprint density at radius 3 is 1.92 bits per heavy atom. The van der Waals surface area contributed by atoms with Crippen LogP contribution in [0.25, 0.3) is 0 Å². The minimum Gasteiger partial charge on any atom is -0.628 e. The van der Waals surface area contributed by atoms with Crippen molar-refractivity contribution < 1.29 is 26.8 Å². The van der Waals surface area contributed by atoms with Crippen LogP contribution in [-0.2, 0) is 22.4 Å². The molecular formula is C15H13F3NO4S-. The number of benzene rings is 2. The van der Waals surface area contributed by atoms with Gasteiger partial charge in [-0.25, -0.2) is 8.42 Å². The molecule has 0 aliphatic carbocycles. The van der Waals surface area contributed by atoms with Crippen LogP contribution in [0.2, 0.25) is 0 Å². The topological polar surface area (TPSA) is 84.7 Å². The van der Waals surface area contributed by atoms with E-state index < -0.39 is 26.8 Å². The van der Waals surface area contributed by atoms with Crippen molar-refractivity contribution in [2.24, 2.45) is 0 Å². The van der Waals surface area contributed by atoms with Gasteiger partial charge in [0, 0.05) is 12.1 Å². The van der Waals surface area contributed by atoms with Crippen molar-refractivity contribution >= 4 is 15.5 Å². The maximum atomic E-state index is 12.5. The lowest BCUT2D eigenvalue weighted by molar-refractivity contribution is -0.715. The minimum absolute atomic E-state index is 0.0444. The lowest BCUT2D eigenvalue weighted by Gasteiger charge is -2.24. The molecule has 0 atom stereocenters. The Kier molecular flexibility index (Phi) is 5.29. The number of nitrogens with one attached hydrogen (secondary N) is 1. The van der Waals surface area contributed by atoms with E-state index in [1.165, 1.54) is 12.1 Å². The van der Waals surface area contributed by atoms with Gasteiger partial charge in [0.1, 0.15) is 5.69 Å². The van der Waals surface area contributed by atoms with E-state index in [1.54, 1.807) is 0 Å². The molecular weight excluding hydrogens is 347 g/mol. The number of halogens is 3. The molecule has 0 heterocycles. The maximum Gasteiger partial charge on any atom is 0.416 e. The molecule has 0 saturated heterocycles. The fourth-order valence-corrected chi connectivity index (χ4v) is 3.32. The van der Waals surface area contributed by atoms with Gasteiger partial charge >= 0.3 is 6.18 Å². The van der Waals surface area contributed by atoms with E-state index in [0.717, 1.165) is 36.4 Å². The van der Waals surface area contributed by atoms with Gasteiger partial charge in [-0.3, -0.25) is 0 Å². The molecule has 2 aromatic carbocycles. The van der Waals surface area contributed by atoms with Crippen molar-refractivity contribution in [3.8, 4) is 0 Å². The molecule has 0 aromatic heterocycles. The van der Waals surface area contributed by atoms with Gasteiger partial charge in [-0.1, -0.05) is 12.1 Å². The summed E-state index contributed by atoms with van der Waals surface area (Å²) in [4.78, 5) is -0.0561. The average Bonchev–Trinajstić information content (AvgIpc) is 2.52. The summed E-state index contributed by atoms with van der Waals surface area (Å²) < 4.78 is 61.7. The first-order valence-electron chi connectivity index (χ1n) is 6.80. The predicted molar refractivity (Wildman–Crippen MR) is 81.0 cm³/mol. The number of rotatable bonds is 5. The summed E-state index contributed by atoms with van der Waals surface area (Å²) >= 11 is 0. The van der Waals surface area contributed by atoms with Crippen LogP contribution >= 0.6 is 0 Å². The summed E-state index contributed by atoms with van der Waals surface area (Å²) in [5.41, 5.74) is -0.485. The van der Waals surface area contributed by atoms with E-state index in [0.29, 0.717) is 5.56 Å². The summed E-state index contributed by atoms with van der Waals surface area (Å²) in [6.07, 6.45) is -4.39. The summed E-state index contributed by atoms with van der Waals surface area (Å²) in [5, 5.41) is 19.8. The van der Waals surface area contributed by atoms with Gasteiger partial charge in [0.25, 0.3) is 0 Å². The van der Waals surface area contributed by atoms with E-state index in [1.807, 2.05) is 0 Å². The molecule has 2 rings (SSSR count). The summed E-state index contributed by atoms with van der Waals surface area (Å²) in [7, 11) is -3.68. The number of hydrogen-bond acceptors (Lipinski definition) is 4. The number of aryl methyl sites for hydroxylation is 1. The first-order valence-corrected chi connectivity index (χ1v) is 8.45. The SMILES string of the molecule is O=S(=O)(CCc1ccc(C(F)(F)F)cc1)c1ccc([NH+]([O-])[O-])cc1. The molecule has 2 aromatic rings. The fraction of sp³-hybridized carbons (Fsp3) is 0.200. The number of hydrogen-bond donors (Lipinski definition) is 1. The highest BCUT2D eigenvalue weighted by molar-refractivity contribution is 7.91. The van der Waals surface area contributed by atoms with Gasteiger partial charge in [0.15, 0.2) is 9.84 Å². The van der Waals surface area contributed by atoms with E-state index in [2.05, 4.69) is 0 Å². The highest BCUT2D eigenvalue weighted by atomic mass is 32.2. The fourth-order valence-electron chi connectivity index (χ4n) is 2.03. The molecule has 0 bridgehead atoms. The van der Waals surface area contributed by atoms with Gasteiger partial charge in [0.2, 0.25) is 0 Å². The Hall–Kier alpha value is -1.94. The normalized spacial score (nSPS) is 12.6. The molecule has 0 unspecified atom stereocenters. The van der Waals surface area contributed by atoms with Gasteiger partial charge in [-0.05, 0) is 36.2 Å².